The molecule has 28 heavy (non-hydrogen) atoms. The molecule has 6 heteroatoms. The minimum absolute atomic E-state index is 0.0388. The minimum atomic E-state index is -1.50. The van der Waals surface area contributed by atoms with E-state index in [0.29, 0.717) is 11.0 Å². The van der Waals surface area contributed by atoms with E-state index in [1.54, 1.807) is 0 Å². The largest absolute Gasteiger partial charge is 0.341 e. The summed E-state index contributed by atoms with van der Waals surface area (Å²) in [7, 11) is 0. The number of alkyl halides is 1. The minimum Gasteiger partial charge on any atom is -0.341 e. The van der Waals surface area contributed by atoms with Gasteiger partial charge in [0.15, 0.2) is 0 Å². The van der Waals surface area contributed by atoms with Crippen molar-refractivity contribution in [3.63, 3.8) is 0 Å². The molecule has 1 aliphatic heterocycles. The van der Waals surface area contributed by atoms with Crippen LogP contribution in [0.3, 0.4) is 0 Å². The Morgan fingerprint density at radius 3 is 2.39 bits per heavy atom. The molecular formula is C22H22BrF3N2. The van der Waals surface area contributed by atoms with Crippen LogP contribution in [0.25, 0.3) is 10.9 Å². The number of halogens is 4. The molecule has 0 amide bonds. The van der Waals surface area contributed by atoms with E-state index in [9.17, 15) is 13.2 Å². The van der Waals surface area contributed by atoms with Crippen LogP contribution in [0, 0.1) is 11.6 Å². The van der Waals surface area contributed by atoms with Gasteiger partial charge < -0.3 is 4.57 Å². The van der Waals surface area contributed by atoms with E-state index in [2.05, 4.69) is 20.5 Å². The molecule has 0 N–H and O–H groups in total. The van der Waals surface area contributed by atoms with Gasteiger partial charge in [0.2, 0.25) is 0 Å². The van der Waals surface area contributed by atoms with Crippen LogP contribution in [0.5, 0.6) is 0 Å². The van der Waals surface area contributed by atoms with Crippen LogP contribution < -0.4 is 0 Å². The molecule has 2 aromatic carbocycles. The van der Waals surface area contributed by atoms with Gasteiger partial charge in [0, 0.05) is 40.4 Å². The standard InChI is InChI=1S/C22H22BrF3N2/c1-13-11-27-18-7-5-4-6-14(18)8-19(27)21(28(13)12-22(2,3)26)20-16(24)9-15(23)10-17(20)25/h4-10,13,21H,11-12H2,1-3H3. The number of nitrogens with zero attached hydrogens (tertiary/aromatic N) is 2. The Balaban J connectivity index is 1.98. The molecule has 2 unspecified atom stereocenters. The number of para-hydroxylation sites is 1. The summed E-state index contributed by atoms with van der Waals surface area (Å²) in [6.45, 7) is 5.68. The summed E-state index contributed by atoms with van der Waals surface area (Å²) in [6, 6.07) is 11.6. The Labute approximate surface area is 171 Å². The van der Waals surface area contributed by atoms with E-state index in [1.165, 1.54) is 26.0 Å². The summed E-state index contributed by atoms with van der Waals surface area (Å²) in [4.78, 5) is 1.88. The second kappa shape index (κ2) is 6.92. The predicted molar refractivity (Wildman–Crippen MR) is 109 cm³/mol. The van der Waals surface area contributed by atoms with Crippen molar-refractivity contribution in [2.75, 3.05) is 6.54 Å². The topological polar surface area (TPSA) is 8.17 Å². The highest BCUT2D eigenvalue weighted by atomic mass is 79.9. The molecule has 0 saturated carbocycles. The molecule has 0 saturated heterocycles. The zero-order valence-corrected chi connectivity index (χ0v) is 17.6. The Hall–Kier alpha value is -1.79. The molecule has 1 aromatic heterocycles. The van der Waals surface area contributed by atoms with Crippen LogP contribution in [-0.2, 0) is 6.54 Å². The summed E-state index contributed by atoms with van der Waals surface area (Å²) in [5.74, 6) is -1.27. The fraction of sp³-hybridized carbons (Fsp3) is 0.364. The second-order valence-corrected chi connectivity index (χ2v) is 9.08. The molecule has 0 radical (unpaired) electrons. The van der Waals surface area contributed by atoms with Crippen molar-refractivity contribution in [3.8, 4) is 0 Å². The smallest absolute Gasteiger partial charge is 0.132 e. The lowest BCUT2D eigenvalue weighted by Crippen LogP contribution is -2.49. The van der Waals surface area contributed by atoms with Gasteiger partial charge in [0.25, 0.3) is 0 Å². The fourth-order valence-corrected chi connectivity index (χ4v) is 4.67. The van der Waals surface area contributed by atoms with E-state index >= 15 is 0 Å². The third-order valence-electron chi connectivity index (χ3n) is 5.34. The fourth-order valence-electron chi connectivity index (χ4n) is 4.27. The molecule has 2 nitrogen and oxygen atoms in total. The van der Waals surface area contributed by atoms with Crippen LogP contribution in [0.15, 0.2) is 46.9 Å². The normalized spacial score (nSPS) is 20.5. The Bertz CT molecular complexity index is 1010. The molecule has 2 heterocycles. The molecular weight excluding hydrogens is 429 g/mol. The van der Waals surface area contributed by atoms with Gasteiger partial charge >= 0.3 is 0 Å². The summed E-state index contributed by atoms with van der Waals surface area (Å²) in [5.41, 5.74) is 0.265. The van der Waals surface area contributed by atoms with Crippen LogP contribution in [0.4, 0.5) is 13.2 Å². The lowest BCUT2D eigenvalue weighted by molar-refractivity contribution is 0.0507. The Morgan fingerprint density at radius 1 is 1.11 bits per heavy atom. The van der Waals surface area contributed by atoms with E-state index in [0.717, 1.165) is 16.6 Å². The molecule has 148 valence electrons. The number of fused-ring (bicyclic) bond motifs is 3. The highest BCUT2D eigenvalue weighted by Crippen LogP contribution is 2.41. The van der Waals surface area contributed by atoms with Gasteiger partial charge in [0.05, 0.1) is 6.04 Å². The third kappa shape index (κ3) is 3.37. The quantitative estimate of drug-likeness (QED) is 0.459. The molecule has 0 bridgehead atoms. The highest BCUT2D eigenvalue weighted by molar-refractivity contribution is 9.10. The summed E-state index contributed by atoms with van der Waals surface area (Å²) >= 11 is 3.15. The molecule has 0 fully saturated rings. The number of rotatable bonds is 3. The Morgan fingerprint density at radius 2 is 1.75 bits per heavy atom. The van der Waals surface area contributed by atoms with Gasteiger partial charge in [-0.05, 0) is 50.4 Å². The molecule has 0 spiro atoms. The van der Waals surface area contributed by atoms with Gasteiger partial charge in [-0.3, -0.25) is 4.90 Å². The van der Waals surface area contributed by atoms with Crippen molar-refractivity contribution in [3.05, 3.63) is 69.8 Å². The van der Waals surface area contributed by atoms with Crippen molar-refractivity contribution in [1.29, 1.82) is 0 Å². The SMILES string of the molecule is CC1Cn2c(cc3ccccc32)C(c2c(F)cc(Br)cc2F)N1CC(C)(C)F. The van der Waals surface area contributed by atoms with E-state index in [-0.39, 0.29) is 18.2 Å². The number of hydrogen-bond acceptors (Lipinski definition) is 1. The lowest BCUT2D eigenvalue weighted by Gasteiger charge is -2.44. The van der Waals surface area contributed by atoms with Gasteiger partial charge in [-0.15, -0.1) is 0 Å². The van der Waals surface area contributed by atoms with Crippen molar-refractivity contribution < 1.29 is 13.2 Å². The van der Waals surface area contributed by atoms with Crippen molar-refractivity contribution >= 4 is 26.8 Å². The first-order chi connectivity index (χ1) is 13.2. The van der Waals surface area contributed by atoms with E-state index in [1.807, 2.05) is 42.2 Å². The number of aromatic nitrogens is 1. The van der Waals surface area contributed by atoms with Gasteiger partial charge in [-0.2, -0.15) is 0 Å². The predicted octanol–water partition coefficient (Wildman–Crippen LogP) is 6.22. The van der Waals surface area contributed by atoms with Crippen molar-refractivity contribution in [2.24, 2.45) is 0 Å². The third-order valence-corrected chi connectivity index (χ3v) is 5.80. The molecule has 2 atom stereocenters. The maximum atomic E-state index is 15.0. The number of benzene rings is 2. The molecule has 4 rings (SSSR count). The van der Waals surface area contributed by atoms with Crippen LogP contribution in [-0.4, -0.2) is 27.7 Å². The highest BCUT2D eigenvalue weighted by Gasteiger charge is 2.40. The summed E-state index contributed by atoms with van der Waals surface area (Å²) < 4.78 is 47.0. The maximum absolute atomic E-state index is 15.0. The zero-order valence-electron chi connectivity index (χ0n) is 16.0. The zero-order chi connectivity index (χ0) is 20.2. The maximum Gasteiger partial charge on any atom is 0.132 e. The first kappa shape index (κ1) is 19.5. The van der Waals surface area contributed by atoms with Crippen LogP contribution in [0.1, 0.15) is 38.1 Å². The second-order valence-electron chi connectivity index (χ2n) is 8.16. The van der Waals surface area contributed by atoms with Crippen molar-refractivity contribution in [2.45, 2.75) is 45.1 Å². The lowest BCUT2D eigenvalue weighted by atomic mass is 9.94. The molecule has 3 aromatic rings. The molecule has 0 aliphatic carbocycles. The first-order valence-electron chi connectivity index (χ1n) is 9.33. The average molecular weight is 451 g/mol. The van der Waals surface area contributed by atoms with Gasteiger partial charge in [-0.1, -0.05) is 34.1 Å². The van der Waals surface area contributed by atoms with E-state index in [4.69, 9.17) is 0 Å². The van der Waals surface area contributed by atoms with Gasteiger partial charge in [0.1, 0.15) is 17.3 Å². The summed E-state index contributed by atoms with van der Waals surface area (Å²) in [5, 5.41) is 1.01. The van der Waals surface area contributed by atoms with E-state index < -0.39 is 23.3 Å². The van der Waals surface area contributed by atoms with Crippen LogP contribution >= 0.6 is 15.9 Å². The summed E-state index contributed by atoms with van der Waals surface area (Å²) in [6.07, 6.45) is 0. The van der Waals surface area contributed by atoms with Crippen molar-refractivity contribution in [1.82, 2.24) is 9.47 Å². The Kier molecular flexibility index (Phi) is 4.82. The number of hydrogen-bond donors (Lipinski definition) is 0. The van der Waals surface area contributed by atoms with Crippen LogP contribution in [0.2, 0.25) is 0 Å². The average Bonchev–Trinajstić information content (AvgIpc) is 2.94. The van der Waals surface area contributed by atoms with Gasteiger partial charge in [-0.25, -0.2) is 13.2 Å². The monoisotopic (exact) mass is 450 g/mol. The molecule has 1 aliphatic rings. The first-order valence-corrected chi connectivity index (χ1v) is 10.1.